The Morgan fingerprint density at radius 2 is 1.61 bits per heavy atom. The maximum absolute atomic E-state index is 13.2. The minimum absolute atomic E-state index is 0.125. The molecule has 0 heterocycles. The van der Waals surface area contributed by atoms with Crippen LogP contribution in [-0.4, -0.2) is 15.0 Å². The number of sulfonamides is 1. The monoisotopic (exact) mass is 341 g/mol. The number of benzene rings is 2. The molecule has 0 aromatic heterocycles. The summed E-state index contributed by atoms with van der Waals surface area (Å²) in [6.07, 6.45) is 1.55. The highest BCUT2D eigenvalue weighted by molar-refractivity contribution is 7.89. The Hall–Kier alpha value is -1.86. The van der Waals surface area contributed by atoms with Crippen LogP contribution < -0.4 is 4.72 Å². The fourth-order valence-electron chi connectivity index (χ4n) is 2.48. The Bertz CT molecular complexity index is 831. The van der Waals surface area contributed by atoms with Crippen LogP contribution in [0.2, 0.25) is 0 Å². The first-order valence-corrected chi connectivity index (χ1v) is 8.52. The molecule has 0 radical (unpaired) electrons. The molecule has 0 unspecified atom stereocenters. The zero-order valence-corrected chi connectivity index (χ0v) is 12.8. The topological polar surface area (TPSA) is 46.2 Å². The third-order valence-corrected chi connectivity index (χ3v) is 5.51. The summed E-state index contributed by atoms with van der Waals surface area (Å²) in [4.78, 5) is -0.327. The van der Waals surface area contributed by atoms with Crippen molar-refractivity contribution >= 4 is 10.0 Å². The first-order chi connectivity index (χ1) is 10.8. The molecule has 7 heteroatoms. The average Bonchev–Trinajstić information content (AvgIpc) is 3.30. The van der Waals surface area contributed by atoms with E-state index in [0.717, 1.165) is 30.5 Å². The average molecular weight is 341 g/mol. The van der Waals surface area contributed by atoms with Crippen molar-refractivity contribution in [3.8, 4) is 0 Å². The highest BCUT2D eigenvalue weighted by Gasteiger charge is 2.44. The lowest BCUT2D eigenvalue weighted by atomic mass is 9.96. The maximum atomic E-state index is 13.2. The van der Waals surface area contributed by atoms with Gasteiger partial charge in [0.25, 0.3) is 0 Å². The van der Waals surface area contributed by atoms with Crippen LogP contribution in [-0.2, 0) is 15.4 Å². The van der Waals surface area contributed by atoms with E-state index in [9.17, 15) is 21.6 Å². The van der Waals surface area contributed by atoms with E-state index in [0.29, 0.717) is 6.07 Å². The predicted molar refractivity (Wildman–Crippen MR) is 78.9 cm³/mol. The van der Waals surface area contributed by atoms with Crippen LogP contribution in [0.4, 0.5) is 13.2 Å². The van der Waals surface area contributed by atoms with Gasteiger partial charge in [-0.15, -0.1) is 0 Å². The molecule has 1 aliphatic carbocycles. The molecule has 122 valence electrons. The Kier molecular flexibility index (Phi) is 3.93. The van der Waals surface area contributed by atoms with Crippen LogP contribution in [0.15, 0.2) is 47.4 Å². The van der Waals surface area contributed by atoms with Crippen molar-refractivity contribution in [3.05, 3.63) is 65.5 Å². The highest BCUT2D eigenvalue weighted by Crippen LogP contribution is 2.47. The Morgan fingerprint density at radius 3 is 2.17 bits per heavy atom. The summed E-state index contributed by atoms with van der Waals surface area (Å²) in [6.45, 7) is 0.125. The molecule has 1 aliphatic rings. The lowest BCUT2D eigenvalue weighted by molar-refractivity contribution is 0.503. The fourth-order valence-corrected chi connectivity index (χ4v) is 3.62. The van der Waals surface area contributed by atoms with Gasteiger partial charge in [0.2, 0.25) is 10.0 Å². The molecule has 2 aromatic carbocycles. The second-order valence-electron chi connectivity index (χ2n) is 5.69. The van der Waals surface area contributed by atoms with E-state index in [1.807, 2.05) is 0 Å². The van der Waals surface area contributed by atoms with E-state index in [4.69, 9.17) is 0 Å². The lowest BCUT2D eigenvalue weighted by Crippen LogP contribution is -2.32. The Morgan fingerprint density at radius 1 is 0.957 bits per heavy atom. The van der Waals surface area contributed by atoms with Crippen LogP contribution in [0.25, 0.3) is 0 Å². The zero-order chi connectivity index (χ0) is 16.7. The van der Waals surface area contributed by atoms with Crippen LogP contribution in [0, 0.1) is 17.5 Å². The maximum Gasteiger partial charge on any atom is 0.240 e. The molecule has 0 saturated heterocycles. The van der Waals surface area contributed by atoms with Gasteiger partial charge in [-0.1, -0.05) is 12.1 Å². The van der Waals surface area contributed by atoms with E-state index in [1.54, 1.807) is 12.1 Å². The molecule has 0 bridgehead atoms. The zero-order valence-electron chi connectivity index (χ0n) is 12.0. The standard InChI is InChI=1S/C16H14F3NO2S/c17-12-3-1-11(2-4-12)16(7-8-16)10-20-23(21,22)13-5-6-14(18)15(19)9-13/h1-6,9,20H,7-8,10H2. The van der Waals surface area contributed by atoms with Gasteiger partial charge < -0.3 is 0 Å². The minimum atomic E-state index is -3.94. The summed E-state index contributed by atoms with van der Waals surface area (Å²) in [5.74, 6) is -2.67. The van der Waals surface area contributed by atoms with Crippen molar-refractivity contribution in [2.24, 2.45) is 0 Å². The van der Waals surface area contributed by atoms with Crippen molar-refractivity contribution in [2.75, 3.05) is 6.54 Å². The third kappa shape index (κ3) is 3.25. The van der Waals surface area contributed by atoms with Gasteiger partial charge in [-0.3, -0.25) is 0 Å². The van der Waals surface area contributed by atoms with Crippen molar-refractivity contribution in [1.29, 1.82) is 0 Å². The number of rotatable bonds is 5. The van der Waals surface area contributed by atoms with Crippen molar-refractivity contribution in [2.45, 2.75) is 23.2 Å². The number of nitrogens with one attached hydrogen (secondary N) is 1. The largest absolute Gasteiger partial charge is 0.240 e. The summed E-state index contributed by atoms with van der Waals surface area (Å²) >= 11 is 0. The van der Waals surface area contributed by atoms with E-state index >= 15 is 0 Å². The van der Waals surface area contributed by atoms with E-state index < -0.39 is 21.7 Å². The Balaban J connectivity index is 1.76. The Labute approximate surface area is 132 Å². The molecule has 0 aliphatic heterocycles. The molecule has 3 nitrogen and oxygen atoms in total. The first-order valence-electron chi connectivity index (χ1n) is 7.03. The number of hydrogen-bond acceptors (Lipinski definition) is 2. The molecule has 23 heavy (non-hydrogen) atoms. The molecule has 2 aromatic rings. The number of hydrogen-bond donors (Lipinski definition) is 1. The fraction of sp³-hybridized carbons (Fsp3) is 0.250. The van der Waals surface area contributed by atoms with Gasteiger partial charge >= 0.3 is 0 Å². The lowest BCUT2D eigenvalue weighted by Gasteiger charge is -2.17. The van der Waals surface area contributed by atoms with Crippen LogP contribution >= 0.6 is 0 Å². The first kappa shape index (κ1) is 16.0. The van der Waals surface area contributed by atoms with Gasteiger partial charge in [0.1, 0.15) is 5.82 Å². The SMILES string of the molecule is O=S(=O)(NCC1(c2ccc(F)cc2)CC1)c1ccc(F)c(F)c1. The second kappa shape index (κ2) is 5.65. The highest BCUT2D eigenvalue weighted by atomic mass is 32.2. The molecule has 1 fully saturated rings. The summed E-state index contributed by atoms with van der Waals surface area (Å²) < 4.78 is 65.9. The molecule has 0 amide bonds. The molecular weight excluding hydrogens is 327 g/mol. The van der Waals surface area contributed by atoms with Crippen molar-refractivity contribution in [1.82, 2.24) is 4.72 Å². The van der Waals surface area contributed by atoms with E-state index in [1.165, 1.54) is 12.1 Å². The van der Waals surface area contributed by atoms with Crippen LogP contribution in [0.1, 0.15) is 18.4 Å². The van der Waals surface area contributed by atoms with Gasteiger partial charge in [-0.2, -0.15) is 0 Å². The quantitative estimate of drug-likeness (QED) is 0.908. The molecule has 0 spiro atoms. The summed E-state index contributed by atoms with van der Waals surface area (Å²) in [7, 11) is -3.94. The van der Waals surface area contributed by atoms with E-state index in [-0.39, 0.29) is 22.7 Å². The number of halogens is 3. The third-order valence-electron chi connectivity index (χ3n) is 4.11. The van der Waals surface area contributed by atoms with Gasteiger partial charge in [0.05, 0.1) is 4.90 Å². The molecular formula is C16H14F3NO2S. The van der Waals surface area contributed by atoms with Crippen LogP contribution in [0.5, 0.6) is 0 Å². The van der Waals surface area contributed by atoms with Gasteiger partial charge in [-0.05, 0) is 48.7 Å². The van der Waals surface area contributed by atoms with Crippen LogP contribution in [0.3, 0.4) is 0 Å². The molecule has 3 rings (SSSR count). The van der Waals surface area contributed by atoms with Gasteiger partial charge in [-0.25, -0.2) is 26.3 Å². The molecule has 0 atom stereocenters. The summed E-state index contributed by atoms with van der Waals surface area (Å²) in [5, 5.41) is 0. The normalized spacial score (nSPS) is 16.3. The van der Waals surface area contributed by atoms with E-state index in [2.05, 4.69) is 4.72 Å². The van der Waals surface area contributed by atoms with Crippen molar-refractivity contribution in [3.63, 3.8) is 0 Å². The van der Waals surface area contributed by atoms with Crippen molar-refractivity contribution < 1.29 is 21.6 Å². The summed E-state index contributed by atoms with van der Waals surface area (Å²) in [5.41, 5.74) is 0.492. The van der Waals surface area contributed by atoms with Gasteiger partial charge in [0.15, 0.2) is 11.6 Å². The smallest absolute Gasteiger partial charge is 0.210 e. The minimum Gasteiger partial charge on any atom is -0.210 e. The second-order valence-corrected chi connectivity index (χ2v) is 7.45. The van der Waals surface area contributed by atoms with Gasteiger partial charge in [0, 0.05) is 12.0 Å². The summed E-state index contributed by atoms with van der Waals surface area (Å²) in [6, 6.07) is 8.37. The molecule has 1 saturated carbocycles. The predicted octanol–water partition coefficient (Wildman–Crippen LogP) is 3.11. The molecule has 1 N–H and O–H groups in total.